The Hall–Kier alpha value is -2.34. The van der Waals surface area contributed by atoms with Crippen LogP contribution >= 0.6 is 11.3 Å². The molecule has 0 aliphatic heterocycles. The van der Waals surface area contributed by atoms with Gasteiger partial charge in [0.1, 0.15) is 12.1 Å². The van der Waals surface area contributed by atoms with E-state index >= 15 is 0 Å². The minimum Gasteiger partial charge on any atom is -0.397 e. The number of nitrogens with zero attached hydrogens (tertiary/aromatic N) is 2. The van der Waals surface area contributed by atoms with Crippen LogP contribution in [0.3, 0.4) is 0 Å². The third kappa shape index (κ3) is 2.04. The SMILES string of the molecule is CNC(=O)Cn1c(-c2cccs2)nc2c(N)cccc21. The Kier molecular flexibility index (Phi) is 3.15. The fourth-order valence-corrected chi connectivity index (χ4v) is 2.87. The molecular formula is C14H14N4OS. The summed E-state index contributed by atoms with van der Waals surface area (Å²) in [6.07, 6.45) is 0. The van der Waals surface area contributed by atoms with Crippen molar-refractivity contribution >= 4 is 34.0 Å². The number of benzene rings is 1. The first kappa shape index (κ1) is 12.7. The van der Waals surface area contributed by atoms with Gasteiger partial charge in [-0.15, -0.1) is 11.3 Å². The molecule has 0 atom stereocenters. The molecule has 0 radical (unpaired) electrons. The van der Waals surface area contributed by atoms with E-state index in [1.165, 1.54) is 0 Å². The van der Waals surface area contributed by atoms with Crippen molar-refractivity contribution in [1.29, 1.82) is 0 Å². The maximum absolute atomic E-state index is 11.7. The fraction of sp³-hybridized carbons (Fsp3) is 0.143. The molecule has 1 aromatic carbocycles. The van der Waals surface area contributed by atoms with Gasteiger partial charge in [0.05, 0.1) is 16.1 Å². The maximum atomic E-state index is 11.7. The van der Waals surface area contributed by atoms with Crippen LogP contribution in [0.1, 0.15) is 0 Å². The number of imidazole rings is 1. The summed E-state index contributed by atoms with van der Waals surface area (Å²) in [4.78, 5) is 17.4. The highest BCUT2D eigenvalue weighted by Crippen LogP contribution is 2.30. The van der Waals surface area contributed by atoms with Crippen molar-refractivity contribution in [3.05, 3.63) is 35.7 Å². The van der Waals surface area contributed by atoms with E-state index in [1.807, 2.05) is 40.3 Å². The number of hydrogen-bond donors (Lipinski definition) is 2. The van der Waals surface area contributed by atoms with Crippen LogP contribution in [-0.4, -0.2) is 22.5 Å². The summed E-state index contributed by atoms with van der Waals surface area (Å²) in [5.74, 6) is 0.709. The van der Waals surface area contributed by atoms with E-state index in [2.05, 4.69) is 10.3 Å². The molecule has 102 valence electrons. The van der Waals surface area contributed by atoms with Crippen LogP contribution in [0.2, 0.25) is 0 Å². The molecule has 0 bridgehead atoms. The lowest BCUT2D eigenvalue weighted by molar-refractivity contribution is -0.121. The van der Waals surface area contributed by atoms with Gasteiger partial charge in [0, 0.05) is 7.05 Å². The molecule has 3 N–H and O–H groups in total. The van der Waals surface area contributed by atoms with Crippen LogP contribution in [0, 0.1) is 0 Å². The number of likely N-dealkylation sites (N-methyl/N-ethyl adjacent to an activating group) is 1. The van der Waals surface area contributed by atoms with Gasteiger partial charge in [-0.05, 0) is 23.6 Å². The third-order valence-electron chi connectivity index (χ3n) is 3.13. The van der Waals surface area contributed by atoms with E-state index in [0.29, 0.717) is 5.69 Å². The number of rotatable bonds is 3. The molecule has 3 aromatic rings. The van der Waals surface area contributed by atoms with E-state index in [4.69, 9.17) is 5.73 Å². The highest BCUT2D eigenvalue weighted by Gasteiger charge is 2.16. The lowest BCUT2D eigenvalue weighted by Crippen LogP contribution is -2.23. The van der Waals surface area contributed by atoms with Crippen molar-refractivity contribution < 1.29 is 4.79 Å². The number of anilines is 1. The first-order valence-electron chi connectivity index (χ1n) is 6.20. The van der Waals surface area contributed by atoms with E-state index in [0.717, 1.165) is 21.7 Å². The van der Waals surface area contributed by atoms with Gasteiger partial charge in [0.2, 0.25) is 5.91 Å². The quantitative estimate of drug-likeness (QED) is 0.724. The maximum Gasteiger partial charge on any atom is 0.239 e. The molecule has 1 amide bonds. The Morgan fingerprint density at radius 3 is 2.95 bits per heavy atom. The van der Waals surface area contributed by atoms with Crippen molar-refractivity contribution in [3.63, 3.8) is 0 Å². The zero-order valence-electron chi connectivity index (χ0n) is 11.0. The summed E-state index contributed by atoms with van der Waals surface area (Å²) in [6.45, 7) is 0.226. The molecule has 6 heteroatoms. The van der Waals surface area contributed by atoms with Crippen molar-refractivity contribution in [2.45, 2.75) is 6.54 Å². The number of carbonyl (C=O) groups excluding carboxylic acids is 1. The zero-order valence-corrected chi connectivity index (χ0v) is 11.8. The molecule has 5 nitrogen and oxygen atoms in total. The number of nitrogens with one attached hydrogen (secondary N) is 1. The lowest BCUT2D eigenvalue weighted by Gasteiger charge is -2.07. The molecule has 0 saturated heterocycles. The Morgan fingerprint density at radius 1 is 1.40 bits per heavy atom. The first-order chi connectivity index (χ1) is 9.70. The number of nitrogens with two attached hydrogens (primary N) is 1. The van der Waals surface area contributed by atoms with Gasteiger partial charge < -0.3 is 15.6 Å². The third-order valence-corrected chi connectivity index (χ3v) is 4.00. The largest absolute Gasteiger partial charge is 0.397 e. The number of thiophene rings is 1. The molecule has 20 heavy (non-hydrogen) atoms. The highest BCUT2D eigenvalue weighted by molar-refractivity contribution is 7.13. The smallest absolute Gasteiger partial charge is 0.239 e. The predicted octanol–water partition coefficient (Wildman–Crippen LogP) is 2.09. The highest BCUT2D eigenvalue weighted by atomic mass is 32.1. The van der Waals surface area contributed by atoms with E-state index in [1.54, 1.807) is 18.4 Å². The van der Waals surface area contributed by atoms with Crippen molar-refractivity contribution in [3.8, 4) is 10.7 Å². The number of amides is 1. The fourth-order valence-electron chi connectivity index (χ4n) is 2.15. The van der Waals surface area contributed by atoms with E-state index < -0.39 is 0 Å². The lowest BCUT2D eigenvalue weighted by atomic mass is 10.3. The van der Waals surface area contributed by atoms with Gasteiger partial charge >= 0.3 is 0 Å². The number of para-hydroxylation sites is 1. The van der Waals surface area contributed by atoms with Gasteiger partial charge in [0.15, 0.2) is 5.82 Å². The molecular weight excluding hydrogens is 272 g/mol. The van der Waals surface area contributed by atoms with Crippen LogP contribution < -0.4 is 11.1 Å². The Labute approximate surface area is 120 Å². The van der Waals surface area contributed by atoms with Crippen LogP contribution in [0.4, 0.5) is 5.69 Å². The Bertz CT molecular complexity index is 761. The molecule has 0 unspecified atom stereocenters. The minimum absolute atomic E-state index is 0.0652. The number of aromatic nitrogens is 2. The van der Waals surface area contributed by atoms with Crippen LogP contribution in [-0.2, 0) is 11.3 Å². The van der Waals surface area contributed by atoms with Gasteiger partial charge in [-0.25, -0.2) is 4.98 Å². The second-order valence-corrected chi connectivity index (χ2v) is 5.33. The number of carbonyl (C=O) groups is 1. The van der Waals surface area contributed by atoms with E-state index in [-0.39, 0.29) is 12.5 Å². The van der Waals surface area contributed by atoms with Crippen LogP contribution in [0.5, 0.6) is 0 Å². The Morgan fingerprint density at radius 2 is 2.25 bits per heavy atom. The van der Waals surface area contributed by atoms with Gasteiger partial charge in [-0.3, -0.25) is 4.79 Å². The van der Waals surface area contributed by atoms with E-state index in [9.17, 15) is 4.79 Å². The molecule has 3 rings (SSSR count). The number of nitrogen functional groups attached to an aromatic ring is 1. The molecule has 0 aliphatic carbocycles. The molecule has 2 heterocycles. The van der Waals surface area contributed by atoms with Gasteiger partial charge in [-0.2, -0.15) is 0 Å². The molecule has 0 fully saturated rings. The van der Waals surface area contributed by atoms with Crippen LogP contribution in [0.25, 0.3) is 21.7 Å². The first-order valence-corrected chi connectivity index (χ1v) is 7.08. The number of hydrogen-bond acceptors (Lipinski definition) is 4. The number of fused-ring (bicyclic) bond motifs is 1. The van der Waals surface area contributed by atoms with Crippen molar-refractivity contribution in [1.82, 2.24) is 14.9 Å². The Balaban J connectivity index is 2.24. The second kappa shape index (κ2) is 4.97. The average Bonchev–Trinajstić information content (AvgIpc) is 3.07. The zero-order chi connectivity index (χ0) is 14.1. The summed E-state index contributed by atoms with van der Waals surface area (Å²) in [6, 6.07) is 9.57. The minimum atomic E-state index is -0.0652. The summed E-state index contributed by atoms with van der Waals surface area (Å²) in [5, 5.41) is 4.63. The normalized spacial score (nSPS) is 10.8. The molecule has 2 aromatic heterocycles. The standard InChI is InChI=1S/C14H14N4OS/c1-16-12(19)8-18-10-5-2-4-9(15)13(10)17-14(18)11-6-3-7-20-11/h2-7H,8,15H2,1H3,(H,16,19). The molecule has 0 aliphatic rings. The van der Waals surface area contributed by atoms with Crippen LogP contribution in [0.15, 0.2) is 35.7 Å². The topological polar surface area (TPSA) is 72.9 Å². The summed E-state index contributed by atoms with van der Waals surface area (Å²) in [7, 11) is 1.63. The van der Waals surface area contributed by atoms with Gasteiger partial charge in [0.25, 0.3) is 0 Å². The van der Waals surface area contributed by atoms with Crippen molar-refractivity contribution in [2.24, 2.45) is 0 Å². The predicted molar refractivity (Wildman–Crippen MR) is 81.5 cm³/mol. The average molecular weight is 286 g/mol. The molecule has 0 spiro atoms. The molecule has 0 saturated carbocycles. The summed E-state index contributed by atoms with van der Waals surface area (Å²) < 4.78 is 1.90. The van der Waals surface area contributed by atoms with Crippen molar-refractivity contribution in [2.75, 3.05) is 12.8 Å². The second-order valence-electron chi connectivity index (χ2n) is 4.39. The van der Waals surface area contributed by atoms with Gasteiger partial charge in [-0.1, -0.05) is 12.1 Å². The monoisotopic (exact) mass is 286 g/mol. The summed E-state index contributed by atoms with van der Waals surface area (Å²) in [5.41, 5.74) is 8.21. The summed E-state index contributed by atoms with van der Waals surface area (Å²) >= 11 is 1.59.